The van der Waals surface area contributed by atoms with E-state index in [2.05, 4.69) is 5.32 Å². The second kappa shape index (κ2) is 15.9. The topological polar surface area (TPSA) is 92.4 Å². The summed E-state index contributed by atoms with van der Waals surface area (Å²) >= 11 is 0. The summed E-state index contributed by atoms with van der Waals surface area (Å²) in [6, 6.07) is 0. The summed E-state index contributed by atoms with van der Waals surface area (Å²) in [5.74, 6) is -0.697. The van der Waals surface area contributed by atoms with Gasteiger partial charge in [0.05, 0.1) is 0 Å². The third-order valence-corrected chi connectivity index (χ3v) is 2.25. The molecule has 5 heteroatoms. The monoisotopic (exact) mass is 260 g/mol. The van der Waals surface area contributed by atoms with E-state index in [0.717, 1.165) is 25.7 Å². The molecule has 0 unspecified atom stereocenters. The third-order valence-electron chi connectivity index (χ3n) is 2.25. The van der Waals surface area contributed by atoms with Crippen molar-refractivity contribution in [3.05, 3.63) is 0 Å². The number of carbonyl (C=O) groups excluding carboxylic acids is 1. The van der Waals surface area contributed by atoms with E-state index < -0.39 is 5.97 Å². The lowest BCUT2D eigenvalue weighted by Crippen LogP contribution is -2.24. The summed E-state index contributed by atoms with van der Waals surface area (Å²) in [6.45, 7) is 5.27. The molecule has 0 heterocycles. The molecule has 0 aliphatic rings. The fourth-order valence-corrected chi connectivity index (χ4v) is 1.32. The van der Waals surface area contributed by atoms with Gasteiger partial charge in [-0.2, -0.15) is 0 Å². The normalized spacial score (nSPS) is 9.28. The van der Waals surface area contributed by atoms with Crippen molar-refractivity contribution < 1.29 is 14.7 Å². The van der Waals surface area contributed by atoms with Gasteiger partial charge in [0.2, 0.25) is 5.91 Å². The maximum atomic E-state index is 11.2. The van der Waals surface area contributed by atoms with Crippen molar-refractivity contribution in [1.29, 1.82) is 0 Å². The number of amides is 1. The first-order valence-corrected chi connectivity index (χ1v) is 6.85. The Kier molecular flexibility index (Phi) is 17.0. The van der Waals surface area contributed by atoms with Crippen LogP contribution in [0.2, 0.25) is 0 Å². The number of carboxylic acid groups (broad SMARTS) is 1. The van der Waals surface area contributed by atoms with Gasteiger partial charge in [-0.15, -0.1) is 0 Å². The average molecular weight is 260 g/mol. The van der Waals surface area contributed by atoms with Crippen molar-refractivity contribution in [3.63, 3.8) is 0 Å². The second-order valence-corrected chi connectivity index (χ2v) is 3.80. The van der Waals surface area contributed by atoms with Crippen LogP contribution in [0.1, 0.15) is 58.8 Å². The van der Waals surface area contributed by atoms with Crippen molar-refractivity contribution in [2.24, 2.45) is 5.73 Å². The first-order chi connectivity index (χ1) is 8.66. The van der Waals surface area contributed by atoms with Crippen LogP contribution in [0.3, 0.4) is 0 Å². The summed E-state index contributed by atoms with van der Waals surface area (Å²) in [5, 5.41) is 11.2. The molecule has 0 saturated heterocycles. The minimum Gasteiger partial charge on any atom is -0.481 e. The van der Waals surface area contributed by atoms with Crippen molar-refractivity contribution in [3.8, 4) is 0 Å². The van der Waals surface area contributed by atoms with E-state index >= 15 is 0 Å². The summed E-state index contributed by atoms with van der Waals surface area (Å²) in [6.07, 6.45) is 4.83. The summed E-state index contributed by atoms with van der Waals surface area (Å²) < 4.78 is 0. The number of rotatable bonds is 10. The Morgan fingerprint density at radius 3 is 2.17 bits per heavy atom. The van der Waals surface area contributed by atoms with E-state index in [-0.39, 0.29) is 12.3 Å². The highest BCUT2D eigenvalue weighted by Crippen LogP contribution is 1.99. The van der Waals surface area contributed by atoms with Crippen LogP contribution in [0.4, 0.5) is 0 Å². The maximum Gasteiger partial charge on any atom is 0.303 e. The molecule has 4 N–H and O–H groups in total. The molecule has 1 amide bonds. The zero-order valence-electron chi connectivity index (χ0n) is 11.7. The predicted octanol–water partition coefficient (Wildman–Crippen LogP) is 1.90. The molecule has 0 aliphatic heterocycles. The van der Waals surface area contributed by atoms with Gasteiger partial charge in [0.1, 0.15) is 0 Å². The molecule has 18 heavy (non-hydrogen) atoms. The largest absolute Gasteiger partial charge is 0.481 e. The number of hydrogen-bond donors (Lipinski definition) is 3. The molecule has 0 aliphatic carbocycles. The molecule has 0 aromatic rings. The van der Waals surface area contributed by atoms with Crippen LogP contribution >= 0.6 is 0 Å². The molecular formula is C13H28N2O3. The van der Waals surface area contributed by atoms with E-state index in [1.54, 1.807) is 0 Å². The SMILES string of the molecule is CC.NCCCCC(=O)NCCCCCC(=O)O. The van der Waals surface area contributed by atoms with Crippen LogP contribution in [-0.2, 0) is 9.59 Å². The molecule has 0 rings (SSSR count). The quantitative estimate of drug-likeness (QED) is 0.523. The third kappa shape index (κ3) is 17.3. The lowest BCUT2D eigenvalue weighted by atomic mass is 10.2. The Hall–Kier alpha value is -1.10. The molecule has 0 saturated carbocycles. The van der Waals surface area contributed by atoms with Gasteiger partial charge in [0.15, 0.2) is 0 Å². The summed E-state index contributed by atoms with van der Waals surface area (Å²) in [4.78, 5) is 21.4. The molecule has 0 spiro atoms. The first kappa shape index (κ1) is 19.2. The molecular weight excluding hydrogens is 232 g/mol. The fraction of sp³-hybridized carbons (Fsp3) is 0.846. The van der Waals surface area contributed by atoms with E-state index in [1.807, 2.05) is 13.8 Å². The van der Waals surface area contributed by atoms with E-state index in [9.17, 15) is 9.59 Å². The van der Waals surface area contributed by atoms with Gasteiger partial charge in [0, 0.05) is 19.4 Å². The van der Waals surface area contributed by atoms with Crippen LogP contribution in [0.15, 0.2) is 0 Å². The molecule has 108 valence electrons. The maximum absolute atomic E-state index is 11.2. The molecule has 5 nitrogen and oxygen atoms in total. The molecule has 0 fully saturated rings. The highest BCUT2D eigenvalue weighted by atomic mass is 16.4. The van der Waals surface area contributed by atoms with Crippen molar-refractivity contribution in [2.75, 3.05) is 13.1 Å². The average Bonchev–Trinajstić information content (AvgIpc) is 2.36. The number of unbranched alkanes of at least 4 members (excludes halogenated alkanes) is 3. The molecule has 0 atom stereocenters. The standard InChI is InChI=1S/C11H22N2O3.C2H6/c12-8-4-3-6-10(14)13-9-5-1-2-7-11(15)16;1-2/h1-9,12H2,(H,13,14)(H,15,16);1-2H3. The van der Waals surface area contributed by atoms with Crippen molar-refractivity contribution >= 4 is 11.9 Å². The van der Waals surface area contributed by atoms with Crippen LogP contribution < -0.4 is 11.1 Å². The zero-order valence-corrected chi connectivity index (χ0v) is 11.7. The lowest BCUT2D eigenvalue weighted by molar-refractivity contribution is -0.137. The fourth-order valence-electron chi connectivity index (χ4n) is 1.32. The van der Waals surface area contributed by atoms with Gasteiger partial charge < -0.3 is 16.2 Å². The van der Waals surface area contributed by atoms with E-state index in [4.69, 9.17) is 10.8 Å². The van der Waals surface area contributed by atoms with Gasteiger partial charge in [0.25, 0.3) is 0 Å². The van der Waals surface area contributed by atoms with Gasteiger partial charge in [-0.05, 0) is 32.2 Å². The number of nitrogens with two attached hydrogens (primary N) is 1. The highest BCUT2D eigenvalue weighted by molar-refractivity contribution is 5.75. The highest BCUT2D eigenvalue weighted by Gasteiger charge is 2.00. The van der Waals surface area contributed by atoms with Gasteiger partial charge in [-0.1, -0.05) is 20.3 Å². The van der Waals surface area contributed by atoms with Gasteiger partial charge in [-0.3, -0.25) is 9.59 Å². The van der Waals surface area contributed by atoms with Crippen molar-refractivity contribution in [1.82, 2.24) is 5.32 Å². The Bertz CT molecular complexity index is 208. The number of hydrogen-bond acceptors (Lipinski definition) is 3. The van der Waals surface area contributed by atoms with Gasteiger partial charge in [-0.25, -0.2) is 0 Å². The zero-order chi connectivity index (χ0) is 14.2. The van der Waals surface area contributed by atoms with Crippen LogP contribution in [-0.4, -0.2) is 30.1 Å². The Labute approximate surface area is 110 Å². The smallest absolute Gasteiger partial charge is 0.303 e. The van der Waals surface area contributed by atoms with Crippen molar-refractivity contribution in [2.45, 2.75) is 58.8 Å². The van der Waals surface area contributed by atoms with Crippen LogP contribution in [0.5, 0.6) is 0 Å². The van der Waals surface area contributed by atoms with E-state index in [0.29, 0.717) is 25.9 Å². The number of carbonyl (C=O) groups is 2. The Balaban J connectivity index is 0. The predicted molar refractivity (Wildman–Crippen MR) is 73.4 cm³/mol. The van der Waals surface area contributed by atoms with E-state index in [1.165, 1.54) is 0 Å². The summed E-state index contributed by atoms with van der Waals surface area (Å²) in [7, 11) is 0. The Morgan fingerprint density at radius 2 is 1.61 bits per heavy atom. The summed E-state index contributed by atoms with van der Waals surface area (Å²) in [5.41, 5.74) is 5.31. The van der Waals surface area contributed by atoms with Crippen LogP contribution in [0.25, 0.3) is 0 Å². The molecule has 0 aromatic heterocycles. The number of carboxylic acids is 1. The van der Waals surface area contributed by atoms with Crippen LogP contribution in [0, 0.1) is 0 Å². The lowest BCUT2D eigenvalue weighted by Gasteiger charge is -2.04. The Morgan fingerprint density at radius 1 is 1.00 bits per heavy atom. The van der Waals surface area contributed by atoms with Gasteiger partial charge >= 0.3 is 5.97 Å². The number of aliphatic carboxylic acids is 1. The first-order valence-electron chi connectivity index (χ1n) is 6.85. The molecule has 0 bridgehead atoms. The molecule has 0 radical (unpaired) electrons. The minimum absolute atomic E-state index is 0.0617. The number of nitrogens with one attached hydrogen (secondary N) is 1. The molecule has 0 aromatic carbocycles. The minimum atomic E-state index is -0.758. The second-order valence-electron chi connectivity index (χ2n) is 3.80.